The van der Waals surface area contributed by atoms with Gasteiger partial charge in [0, 0.05) is 25.1 Å². The molecule has 0 saturated heterocycles. The van der Waals surface area contributed by atoms with Gasteiger partial charge in [-0.1, -0.05) is 30.3 Å². The predicted molar refractivity (Wildman–Crippen MR) is 69.8 cm³/mol. The van der Waals surface area contributed by atoms with Crippen molar-refractivity contribution in [3.05, 3.63) is 35.9 Å². The molecule has 1 aliphatic heterocycles. The fourth-order valence-corrected chi connectivity index (χ4v) is 2.09. The van der Waals surface area contributed by atoms with Crippen molar-refractivity contribution in [1.82, 2.24) is 5.01 Å². The Bertz CT molecular complexity index is 392. The van der Waals surface area contributed by atoms with Crippen LogP contribution in [0.4, 0.5) is 0 Å². The third-order valence-corrected chi connectivity index (χ3v) is 2.79. The lowest BCUT2D eigenvalue weighted by Gasteiger charge is -2.16. The number of hydrazone groups is 1. The van der Waals surface area contributed by atoms with Gasteiger partial charge >= 0.3 is 0 Å². The van der Waals surface area contributed by atoms with Crippen LogP contribution in [0.2, 0.25) is 0 Å². The van der Waals surface area contributed by atoms with E-state index in [-0.39, 0.29) is 0 Å². The van der Waals surface area contributed by atoms with Crippen LogP contribution in [0.25, 0.3) is 0 Å². The van der Waals surface area contributed by atoms with E-state index in [1.807, 2.05) is 32.0 Å². The van der Waals surface area contributed by atoms with Gasteiger partial charge in [-0.3, -0.25) is 5.01 Å². The van der Waals surface area contributed by atoms with Crippen molar-refractivity contribution in [2.75, 3.05) is 6.54 Å². The van der Waals surface area contributed by atoms with E-state index in [9.17, 15) is 5.11 Å². The molecule has 92 valence electrons. The Labute approximate surface area is 103 Å². The monoisotopic (exact) mass is 232 g/mol. The van der Waals surface area contributed by atoms with Gasteiger partial charge < -0.3 is 5.11 Å². The largest absolute Gasteiger partial charge is 0.390 e. The van der Waals surface area contributed by atoms with E-state index in [0.29, 0.717) is 6.42 Å². The van der Waals surface area contributed by atoms with E-state index >= 15 is 0 Å². The van der Waals surface area contributed by atoms with Crippen LogP contribution < -0.4 is 0 Å². The fourth-order valence-electron chi connectivity index (χ4n) is 2.09. The summed E-state index contributed by atoms with van der Waals surface area (Å²) in [6, 6.07) is 10.4. The summed E-state index contributed by atoms with van der Waals surface area (Å²) >= 11 is 0. The second-order valence-electron chi connectivity index (χ2n) is 5.28. The molecule has 0 aliphatic carbocycles. The third kappa shape index (κ3) is 3.86. The maximum atomic E-state index is 9.75. The lowest BCUT2D eigenvalue weighted by atomic mass is 10.0. The highest BCUT2D eigenvalue weighted by molar-refractivity contribution is 5.86. The zero-order valence-electron chi connectivity index (χ0n) is 10.6. The van der Waals surface area contributed by atoms with Gasteiger partial charge in [-0.05, 0) is 19.4 Å². The molecule has 0 saturated carbocycles. The quantitative estimate of drug-likeness (QED) is 0.865. The van der Waals surface area contributed by atoms with Gasteiger partial charge in [0.25, 0.3) is 0 Å². The molecule has 0 spiro atoms. The van der Waals surface area contributed by atoms with Crippen LogP contribution in [0.1, 0.15) is 32.3 Å². The Morgan fingerprint density at radius 1 is 1.29 bits per heavy atom. The van der Waals surface area contributed by atoms with E-state index in [1.165, 1.54) is 5.56 Å². The van der Waals surface area contributed by atoms with Crippen LogP contribution in [0.3, 0.4) is 0 Å². The number of hydrogen-bond donors (Lipinski definition) is 1. The first-order valence-corrected chi connectivity index (χ1v) is 6.10. The molecule has 1 aliphatic rings. The molecule has 3 heteroatoms. The Hall–Kier alpha value is -1.35. The standard InChI is InChI=1S/C14H20N2O/c1-14(2,17)10-13-8-9-16(15-13)11-12-6-4-3-5-7-12/h3-7,17H,8-11H2,1-2H3. The summed E-state index contributed by atoms with van der Waals surface area (Å²) in [5.74, 6) is 0. The minimum absolute atomic E-state index is 0.651. The lowest BCUT2D eigenvalue weighted by Crippen LogP contribution is -2.22. The first-order chi connectivity index (χ1) is 8.03. The highest BCUT2D eigenvalue weighted by Gasteiger charge is 2.21. The summed E-state index contributed by atoms with van der Waals surface area (Å²) in [6.07, 6.45) is 1.63. The Morgan fingerprint density at radius 2 is 2.00 bits per heavy atom. The zero-order chi connectivity index (χ0) is 12.3. The van der Waals surface area contributed by atoms with Gasteiger partial charge in [-0.2, -0.15) is 5.10 Å². The maximum Gasteiger partial charge on any atom is 0.0644 e. The minimum Gasteiger partial charge on any atom is -0.390 e. The van der Waals surface area contributed by atoms with Crippen molar-refractivity contribution in [2.45, 2.75) is 38.8 Å². The van der Waals surface area contributed by atoms with Crippen LogP contribution >= 0.6 is 0 Å². The molecule has 0 amide bonds. The molecule has 0 atom stereocenters. The lowest BCUT2D eigenvalue weighted by molar-refractivity contribution is 0.0882. The van der Waals surface area contributed by atoms with Crippen LogP contribution in [0, 0.1) is 0 Å². The summed E-state index contributed by atoms with van der Waals surface area (Å²) in [5.41, 5.74) is 1.73. The first kappa shape index (κ1) is 12.1. The summed E-state index contributed by atoms with van der Waals surface area (Å²) in [5, 5.41) is 16.4. The smallest absolute Gasteiger partial charge is 0.0644 e. The van der Waals surface area contributed by atoms with Crippen LogP contribution in [0.5, 0.6) is 0 Å². The van der Waals surface area contributed by atoms with Gasteiger partial charge in [0.1, 0.15) is 0 Å². The molecule has 3 nitrogen and oxygen atoms in total. The Morgan fingerprint density at radius 3 is 2.65 bits per heavy atom. The van der Waals surface area contributed by atoms with Crippen molar-refractivity contribution in [1.29, 1.82) is 0 Å². The highest BCUT2D eigenvalue weighted by Crippen LogP contribution is 2.17. The van der Waals surface area contributed by atoms with Crippen molar-refractivity contribution in [3.63, 3.8) is 0 Å². The van der Waals surface area contributed by atoms with Crippen molar-refractivity contribution in [2.24, 2.45) is 5.10 Å². The molecule has 0 fully saturated rings. The molecule has 1 N–H and O–H groups in total. The third-order valence-electron chi connectivity index (χ3n) is 2.79. The molecular formula is C14H20N2O. The number of hydrogen-bond acceptors (Lipinski definition) is 3. The van der Waals surface area contributed by atoms with E-state index < -0.39 is 5.60 Å². The second-order valence-corrected chi connectivity index (χ2v) is 5.28. The summed E-state index contributed by atoms with van der Waals surface area (Å²) in [7, 11) is 0. The molecule has 0 bridgehead atoms. The van der Waals surface area contributed by atoms with E-state index in [0.717, 1.165) is 25.2 Å². The molecular weight excluding hydrogens is 212 g/mol. The van der Waals surface area contributed by atoms with Gasteiger partial charge in [0.15, 0.2) is 0 Å². The number of rotatable bonds is 4. The molecule has 1 aromatic carbocycles. The van der Waals surface area contributed by atoms with Crippen molar-refractivity contribution < 1.29 is 5.11 Å². The fraction of sp³-hybridized carbons (Fsp3) is 0.500. The normalized spacial score (nSPS) is 16.2. The van der Waals surface area contributed by atoms with Crippen LogP contribution in [-0.4, -0.2) is 28.0 Å². The highest BCUT2D eigenvalue weighted by atomic mass is 16.3. The van der Waals surface area contributed by atoms with E-state index in [2.05, 4.69) is 22.2 Å². The number of aliphatic hydroxyl groups is 1. The summed E-state index contributed by atoms with van der Waals surface area (Å²) in [6.45, 7) is 5.47. The minimum atomic E-state index is -0.651. The molecule has 1 aromatic rings. The average Bonchev–Trinajstić information content (AvgIpc) is 2.64. The molecule has 1 heterocycles. The van der Waals surface area contributed by atoms with Crippen molar-refractivity contribution in [3.8, 4) is 0 Å². The topological polar surface area (TPSA) is 35.8 Å². The summed E-state index contributed by atoms with van der Waals surface area (Å²) < 4.78 is 0. The van der Waals surface area contributed by atoms with E-state index in [1.54, 1.807) is 0 Å². The van der Waals surface area contributed by atoms with Gasteiger partial charge in [0.05, 0.1) is 12.1 Å². The maximum absolute atomic E-state index is 9.75. The molecule has 2 rings (SSSR count). The van der Waals surface area contributed by atoms with Gasteiger partial charge in [0.2, 0.25) is 0 Å². The van der Waals surface area contributed by atoms with Crippen molar-refractivity contribution >= 4 is 5.71 Å². The van der Waals surface area contributed by atoms with E-state index in [4.69, 9.17) is 0 Å². The molecule has 17 heavy (non-hydrogen) atoms. The molecule has 0 unspecified atom stereocenters. The van der Waals surface area contributed by atoms with Crippen LogP contribution in [0.15, 0.2) is 35.4 Å². The predicted octanol–water partition coefficient (Wildman–Crippen LogP) is 2.41. The zero-order valence-corrected chi connectivity index (χ0v) is 10.6. The Balaban J connectivity index is 1.93. The molecule has 0 aromatic heterocycles. The summed E-state index contributed by atoms with van der Waals surface area (Å²) in [4.78, 5) is 0. The van der Waals surface area contributed by atoms with Crippen LogP contribution in [-0.2, 0) is 6.54 Å². The van der Waals surface area contributed by atoms with Gasteiger partial charge in [-0.15, -0.1) is 0 Å². The Kier molecular flexibility index (Phi) is 3.48. The average molecular weight is 232 g/mol. The number of nitrogens with zero attached hydrogens (tertiary/aromatic N) is 2. The second kappa shape index (κ2) is 4.88. The van der Waals surface area contributed by atoms with Gasteiger partial charge in [-0.25, -0.2) is 0 Å². The number of benzene rings is 1. The molecule has 0 radical (unpaired) electrons. The SMILES string of the molecule is CC(C)(O)CC1=NN(Cc2ccccc2)CC1. The first-order valence-electron chi connectivity index (χ1n) is 6.10.